The number of Topliss-reactive ketones (excluding diaryl/α,β-unsaturated/α-hetero) is 1. The molecule has 0 aliphatic heterocycles. The number of aromatic nitrogens is 1. The fourth-order valence-corrected chi connectivity index (χ4v) is 3.62. The molecule has 2 aromatic carbocycles. The predicted molar refractivity (Wildman–Crippen MR) is 113 cm³/mol. The second-order valence-electron chi connectivity index (χ2n) is 7.65. The Kier molecular flexibility index (Phi) is 5.59. The molecule has 0 bridgehead atoms. The summed E-state index contributed by atoms with van der Waals surface area (Å²) in [5.74, 6) is -0.846. The number of nitrogens with zero attached hydrogens (tertiary/aromatic N) is 1. The first kappa shape index (κ1) is 23.3. The molecule has 2 heterocycles. The van der Waals surface area contributed by atoms with Gasteiger partial charge < -0.3 is 4.40 Å². The van der Waals surface area contributed by atoms with Gasteiger partial charge in [0.2, 0.25) is 5.78 Å². The van der Waals surface area contributed by atoms with E-state index in [9.17, 15) is 35.9 Å². The third kappa shape index (κ3) is 4.33. The molecule has 0 fully saturated rings. The van der Waals surface area contributed by atoms with Crippen LogP contribution in [-0.2, 0) is 12.4 Å². The predicted octanol–water partition coefficient (Wildman–Crippen LogP) is 7.08. The van der Waals surface area contributed by atoms with Crippen molar-refractivity contribution in [3.8, 4) is 11.1 Å². The molecule has 0 amide bonds. The number of rotatable bonds is 4. The van der Waals surface area contributed by atoms with E-state index < -0.39 is 29.3 Å². The minimum absolute atomic E-state index is 0.0193. The average Bonchev–Trinajstić information content (AvgIpc) is 3.16. The Labute approximate surface area is 189 Å². The van der Waals surface area contributed by atoms with Gasteiger partial charge in [0, 0.05) is 22.9 Å². The molecule has 0 saturated heterocycles. The summed E-state index contributed by atoms with van der Waals surface area (Å²) in [6.07, 6.45) is -8.10. The molecule has 0 atom stereocenters. The first-order valence-corrected chi connectivity index (χ1v) is 9.92. The normalized spacial score (nSPS) is 12.2. The van der Waals surface area contributed by atoms with Crippen LogP contribution in [0, 0.1) is 0 Å². The maximum absolute atomic E-state index is 13.4. The van der Waals surface area contributed by atoms with Crippen molar-refractivity contribution in [2.24, 2.45) is 0 Å². The molecule has 174 valence electrons. The van der Waals surface area contributed by atoms with E-state index in [4.69, 9.17) is 0 Å². The van der Waals surface area contributed by atoms with E-state index >= 15 is 0 Å². The molecule has 34 heavy (non-hydrogen) atoms. The number of alkyl halides is 6. The first-order chi connectivity index (χ1) is 15.9. The van der Waals surface area contributed by atoms with Crippen LogP contribution >= 0.6 is 0 Å². The summed E-state index contributed by atoms with van der Waals surface area (Å²) in [5.41, 5.74) is -0.659. The Morgan fingerprint density at radius 3 is 1.79 bits per heavy atom. The number of ketones is 2. The topological polar surface area (TPSA) is 38.5 Å². The summed E-state index contributed by atoms with van der Waals surface area (Å²) in [6.45, 7) is 1.37. The zero-order chi connectivity index (χ0) is 24.8. The third-order valence-electron chi connectivity index (χ3n) is 5.41. The van der Waals surface area contributed by atoms with E-state index in [2.05, 4.69) is 0 Å². The van der Waals surface area contributed by atoms with Crippen molar-refractivity contribution in [1.29, 1.82) is 0 Å². The zero-order valence-electron chi connectivity index (χ0n) is 17.5. The number of halogens is 6. The molecule has 0 aliphatic rings. The lowest BCUT2D eigenvalue weighted by molar-refractivity contribution is -0.138. The van der Waals surface area contributed by atoms with Gasteiger partial charge in [0.25, 0.3) is 0 Å². The summed E-state index contributed by atoms with van der Waals surface area (Å²) in [4.78, 5) is 24.7. The summed E-state index contributed by atoms with van der Waals surface area (Å²) in [6, 6.07) is 12.8. The van der Waals surface area contributed by atoms with Crippen LogP contribution in [-0.4, -0.2) is 16.0 Å². The van der Waals surface area contributed by atoms with Gasteiger partial charge in [-0.15, -0.1) is 0 Å². The van der Waals surface area contributed by atoms with Crippen molar-refractivity contribution in [2.45, 2.75) is 19.3 Å². The summed E-state index contributed by atoms with van der Waals surface area (Å²) in [5, 5.41) is 0. The van der Waals surface area contributed by atoms with Gasteiger partial charge in [0.05, 0.1) is 22.3 Å². The molecule has 0 unspecified atom stereocenters. The molecule has 0 spiro atoms. The van der Waals surface area contributed by atoms with Crippen LogP contribution in [0.5, 0.6) is 0 Å². The summed E-state index contributed by atoms with van der Waals surface area (Å²) in [7, 11) is 0. The van der Waals surface area contributed by atoms with Crippen LogP contribution in [0.4, 0.5) is 26.3 Å². The molecule has 4 rings (SSSR count). The largest absolute Gasteiger partial charge is 0.416 e. The van der Waals surface area contributed by atoms with Crippen LogP contribution in [0.25, 0.3) is 16.6 Å². The van der Waals surface area contributed by atoms with Crippen LogP contribution in [0.2, 0.25) is 0 Å². The minimum atomic E-state index is -4.63. The Balaban J connectivity index is 1.87. The lowest BCUT2D eigenvalue weighted by atomic mass is 10.0. The van der Waals surface area contributed by atoms with E-state index in [0.29, 0.717) is 16.7 Å². The SMILES string of the molecule is CC(=O)c1ccc(-c2cc(C(=O)c3ccc(C(F)(F)F)cc3)n3ccc(C(F)(F)F)cc23)cc1. The maximum Gasteiger partial charge on any atom is 0.416 e. The Hall–Kier alpha value is -3.88. The second kappa shape index (κ2) is 8.16. The summed E-state index contributed by atoms with van der Waals surface area (Å²) < 4.78 is 79.9. The highest BCUT2D eigenvalue weighted by molar-refractivity contribution is 6.10. The molecular weight excluding hydrogens is 460 g/mol. The molecule has 2 aromatic heterocycles. The summed E-state index contributed by atoms with van der Waals surface area (Å²) >= 11 is 0. The van der Waals surface area contributed by atoms with E-state index in [1.807, 2.05) is 0 Å². The molecule has 3 nitrogen and oxygen atoms in total. The zero-order valence-corrected chi connectivity index (χ0v) is 17.5. The molecule has 4 aromatic rings. The smallest absolute Gasteiger partial charge is 0.313 e. The quantitative estimate of drug-likeness (QED) is 0.234. The molecule has 0 saturated carbocycles. The van der Waals surface area contributed by atoms with Gasteiger partial charge in [-0.1, -0.05) is 36.4 Å². The van der Waals surface area contributed by atoms with E-state index in [1.54, 1.807) is 12.1 Å². The molecule has 0 N–H and O–H groups in total. The highest BCUT2D eigenvalue weighted by Gasteiger charge is 2.32. The third-order valence-corrected chi connectivity index (χ3v) is 5.41. The minimum Gasteiger partial charge on any atom is -0.313 e. The Morgan fingerprint density at radius 1 is 0.706 bits per heavy atom. The van der Waals surface area contributed by atoms with Gasteiger partial charge >= 0.3 is 12.4 Å². The van der Waals surface area contributed by atoms with E-state index in [-0.39, 0.29) is 22.6 Å². The van der Waals surface area contributed by atoms with Gasteiger partial charge in [-0.2, -0.15) is 26.3 Å². The number of carbonyl (C=O) groups excluding carboxylic acids is 2. The number of hydrogen-bond donors (Lipinski definition) is 0. The van der Waals surface area contributed by atoms with Gasteiger partial charge in [0.15, 0.2) is 5.78 Å². The highest BCUT2D eigenvalue weighted by Crippen LogP contribution is 2.35. The molecule has 0 aliphatic carbocycles. The van der Waals surface area contributed by atoms with Crippen LogP contribution in [0.1, 0.15) is 44.5 Å². The molecule has 9 heteroatoms. The first-order valence-electron chi connectivity index (χ1n) is 9.92. The van der Waals surface area contributed by atoms with Crippen LogP contribution in [0.3, 0.4) is 0 Å². The number of pyridine rings is 1. The van der Waals surface area contributed by atoms with Gasteiger partial charge in [-0.05, 0) is 42.8 Å². The van der Waals surface area contributed by atoms with Crippen molar-refractivity contribution in [3.63, 3.8) is 0 Å². The van der Waals surface area contributed by atoms with Crippen LogP contribution < -0.4 is 0 Å². The van der Waals surface area contributed by atoms with Gasteiger partial charge in [0.1, 0.15) is 0 Å². The average molecular weight is 475 g/mol. The lowest BCUT2D eigenvalue weighted by Gasteiger charge is -2.10. The van der Waals surface area contributed by atoms with E-state index in [1.165, 1.54) is 29.5 Å². The van der Waals surface area contributed by atoms with E-state index in [0.717, 1.165) is 42.6 Å². The maximum atomic E-state index is 13.4. The van der Waals surface area contributed by atoms with Crippen molar-refractivity contribution < 1.29 is 35.9 Å². The monoisotopic (exact) mass is 475 g/mol. The standard InChI is InChI=1S/C25H15F6NO2/c1-14(33)15-2-4-16(5-3-15)20-13-22(32-11-10-19(12-21(20)32)25(29,30)31)23(34)17-6-8-18(9-7-17)24(26,27)28/h2-13H,1H3. The van der Waals surface area contributed by atoms with Crippen molar-refractivity contribution in [1.82, 2.24) is 4.40 Å². The van der Waals surface area contributed by atoms with Gasteiger partial charge in [-0.25, -0.2) is 0 Å². The fourth-order valence-electron chi connectivity index (χ4n) is 3.62. The number of carbonyl (C=O) groups is 2. The van der Waals surface area contributed by atoms with Crippen molar-refractivity contribution in [2.75, 3.05) is 0 Å². The second-order valence-corrected chi connectivity index (χ2v) is 7.65. The molecular formula is C25H15F6NO2. The fraction of sp³-hybridized carbons (Fsp3) is 0.120. The molecule has 0 radical (unpaired) electrons. The van der Waals surface area contributed by atoms with Crippen LogP contribution in [0.15, 0.2) is 72.9 Å². The van der Waals surface area contributed by atoms with Gasteiger partial charge in [-0.3, -0.25) is 9.59 Å². The van der Waals surface area contributed by atoms with Crippen molar-refractivity contribution >= 4 is 17.1 Å². The number of fused-ring (bicyclic) bond motifs is 1. The van der Waals surface area contributed by atoms with Crippen molar-refractivity contribution in [3.05, 3.63) is 101 Å². The Morgan fingerprint density at radius 2 is 1.26 bits per heavy atom. The lowest BCUT2D eigenvalue weighted by Crippen LogP contribution is -2.09. The number of hydrogen-bond acceptors (Lipinski definition) is 2. The Bertz CT molecular complexity index is 1400. The number of benzene rings is 2. The highest BCUT2D eigenvalue weighted by atomic mass is 19.4.